The van der Waals surface area contributed by atoms with Gasteiger partial charge in [0.25, 0.3) is 0 Å². The largest absolute Gasteiger partial charge is 0.207 e. The highest BCUT2D eigenvalue weighted by atomic mass is 19.1. The normalized spacial score (nSPS) is 12.9. The molecule has 0 bridgehead atoms. The van der Waals surface area contributed by atoms with Gasteiger partial charge in [-0.05, 0) is 30.0 Å². The number of hydrogen-bond donors (Lipinski definition) is 0. The molecule has 1 unspecified atom stereocenters. The van der Waals surface area contributed by atoms with Gasteiger partial charge in [0.2, 0.25) is 0 Å². The molecule has 0 aromatic heterocycles. The molecule has 0 nitrogen and oxygen atoms in total. The van der Waals surface area contributed by atoms with E-state index in [1.54, 1.807) is 0 Å². The summed E-state index contributed by atoms with van der Waals surface area (Å²) in [5.74, 6) is -0.502. The van der Waals surface area contributed by atoms with E-state index < -0.39 is 11.6 Å². The lowest BCUT2D eigenvalue weighted by atomic mass is 9.99. The van der Waals surface area contributed by atoms with Gasteiger partial charge in [-0.2, -0.15) is 0 Å². The topological polar surface area (TPSA) is 0 Å². The predicted octanol–water partition coefficient (Wildman–Crippen LogP) is 3.55. The standard InChI is InChI=1S/C11H14F2/c1-3-8(2)4-9-5-10(12)7-11(13)6-9/h5-8H,3-4H2,1-2H3. The van der Waals surface area contributed by atoms with Crippen molar-refractivity contribution >= 4 is 0 Å². The molecule has 0 saturated heterocycles. The molecule has 2 heteroatoms. The Morgan fingerprint density at radius 3 is 2.15 bits per heavy atom. The van der Waals surface area contributed by atoms with E-state index in [4.69, 9.17) is 0 Å². The lowest BCUT2D eigenvalue weighted by Crippen LogP contribution is -1.98. The van der Waals surface area contributed by atoms with E-state index in [2.05, 4.69) is 13.8 Å². The number of benzene rings is 1. The Hall–Kier alpha value is -0.920. The van der Waals surface area contributed by atoms with Crippen LogP contribution in [-0.4, -0.2) is 0 Å². The second-order valence-corrected chi connectivity index (χ2v) is 3.50. The fraction of sp³-hybridized carbons (Fsp3) is 0.455. The average molecular weight is 184 g/mol. The molecule has 1 aromatic rings. The average Bonchev–Trinajstić information content (AvgIpc) is 2.02. The quantitative estimate of drug-likeness (QED) is 0.673. The Labute approximate surface area is 77.6 Å². The lowest BCUT2D eigenvalue weighted by molar-refractivity contribution is 0.544. The van der Waals surface area contributed by atoms with Crippen LogP contribution in [0.5, 0.6) is 0 Å². The Morgan fingerprint density at radius 1 is 1.15 bits per heavy atom. The molecular weight excluding hydrogens is 170 g/mol. The summed E-state index contributed by atoms with van der Waals surface area (Å²) in [5.41, 5.74) is 0.742. The molecule has 0 aliphatic rings. The summed E-state index contributed by atoms with van der Waals surface area (Å²) in [4.78, 5) is 0. The highest BCUT2D eigenvalue weighted by molar-refractivity contribution is 5.18. The summed E-state index contributed by atoms with van der Waals surface area (Å²) in [5, 5.41) is 0. The van der Waals surface area contributed by atoms with Crippen molar-refractivity contribution in [3.05, 3.63) is 35.4 Å². The van der Waals surface area contributed by atoms with Crippen molar-refractivity contribution in [1.82, 2.24) is 0 Å². The molecule has 13 heavy (non-hydrogen) atoms. The molecule has 0 fully saturated rings. The van der Waals surface area contributed by atoms with E-state index in [1.165, 1.54) is 12.1 Å². The molecule has 0 aliphatic carbocycles. The fourth-order valence-corrected chi connectivity index (χ4v) is 1.28. The Kier molecular flexibility index (Phi) is 3.40. The summed E-state index contributed by atoms with van der Waals surface area (Å²) in [7, 11) is 0. The van der Waals surface area contributed by atoms with E-state index in [0.29, 0.717) is 5.92 Å². The third-order valence-corrected chi connectivity index (χ3v) is 2.20. The minimum Gasteiger partial charge on any atom is -0.207 e. The summed E-state index contributed by atoms with van der Waals surface area (Å²) < 4.78 is 25.5. The molecule has 0 aliphatic heterocycles. The van der Waals surface area contributed by atoms with Crippen LogP contribution < -0.4 is 0 Å². The Morgan fingerprint density at radius 2 is 1.69 bits per heavy atom. The van der Waals surface area contributed by atoms with Crippen molar-refractivity contribution < 1.29 is 8.78 Å². The molecule has 0 heterocycles. The van der Waals surface area contributed by atoms with Gasteiger partial charge in [-0.1, -0.05) is 20.3 Å². The second kappa shape index (κ2) is 4.35. The van der Waals surface area contributed by atoms with Crippen molar-refractivity contribution in [2.24, 2.45) is 5.92 Å². The predicted molar refractivity (Wildman–Crippen MR) is 49.5 cm³/mol. The van der Waals surface area contributed by atoms with Crippen LogP contribution in [0.2, 0.25) is 0 Å². The van der Waals surface area contributed by atoms with Gasteiger partial charge >= 0.3 is 0 Å². The third kappa shape index (κ3) is 3.13. The summed E-state index contributed by atoms with van der Waals surface area (Å²) >= 11 is 0. The van der Waals surface area contributed by atoms with Crippen molar-refractivity contribution in [1.29, 1.82) is 0 Å². The van der Waals surface area contributed by atoms with Gasteiger partial charge in [0.1, 0.15) is 11.6 Å². The van der Waals surface area contributed by atoms with Crippen molar-refractivity contribution in [2.75, 3.05) is 0 Å². The first-order chi connectivity index (χ1) is 6.11. The maximum absolute atomic E-state index is 12.7. The van der Waals surface area contributed by atoms with E-state index >= 15 is 0 Å². The smallest absolute Gasteiger partial charge is 0.126 e. The first-order valence-electron chi connectivity index (χ1n) is 4.56. The van der Waals surface area contributed by atoms with Gasteiger partial charge in [-0.15, -0.1) is 0 Å². The van der Waals surface area contributed by atoms with E-state index in [0.717, 1.165) is 24.5 Å². The zero-order valence-electron chi connectivity index (χ0n) is 7.98. The van der Waals surface area contributed by atoms with Gasteiger partial charge in [-0.25, -0.2) is 8.78 Å². The number of halogens is 2. The van der Waals surface area contributed by atoms with Crippen LogP contribution in [-0.2, 0) is 6.42 Å². The van der Waals surface area contributed by atoms with Crippen LogP contribution in [0.4, 0.5) is 8.78 Å². The lowest BCUT2D eigenvalue weighted by Gasteiger charge is -2.08. The van der Waals surface area contributed by atoms with Gasteiger partial charge in [-0.3, -0.25) is 0 Å². The maximum atomic E-state index is 12.7. The molecule has 0 saturated carbocycles. The summed E-state index contributed by atoms with van der Waals surface area (Å²) in [6.07, 6.45) is 1.77. The van der Waals surface area contributed by atoms with Crippen LogP contribution in [0.15, 0.2) is 18.2 Å². The van der Waals surface area contributed by atoms with Crippen LogP contribution >= 0.6 is 0 Å². The van der Waals surface area contributed by atoms with E-state index in [1.807, 2.05) is 0 Å². The molecule has 1 rings (SSSR count). The first kappa shape index (κ1) is 10.2. The van der Waals surface area contributed by atoms with Crippen molar-refractivity contribution in [3.8, 4) is 0 Å². The Balaban J connectivity index is 2.77. The minimum atomic E-state index is -0.488. The summed E-state index contributed by atoms with van der Waals surface area (Å²) in [6, 6.07) is 3.70. The summed E-state index contributed by atoms with van der Waals surface area (Å²) in [6.45, 7) is 4.14. The zero-order valence-corrected chi connectivity index (χ0v) is 7.98. The van der Waals surface area contributed by atoms with Gasteiger partial charge in [0.05, 0.1) is 0 Å². The number of rotatable bonds is 3. The van der Waals surface area contributed by atoms with Crippen LogP contribution in [0, 0.1) is 17.6 Å². The van der Waals surface area contributed by atoms with Crippen molar-refractivity contribution in [3.63, 3.8) is 0 Å². The fourth-order valence-electron chi connectivity index (χ4n) is 1.28. The first-order valence-corrected chi connectivity index (χ1v) is 4.56. The van der Waals surface area contributed by atoms with Gasteiger partial charge < -0.3 is 0 Å². The molecule has 0 radical (unpaired) electrons. The second-order valence-electron chi connectivity index (χ2n) is 3.50. The molecule has 1 aromatic carbocycles. The molecule has 72 valence electrons. The highest BCUT2D eigenvalue weighted by Gasteiger charge is 2.04. The van der Waals surface area contributed by atoms with Gasteiger partial charge in [0.15, 0.2) is 0 Å². The third-order valence-electron chi connectivity index (χ3n) is 2.20. The highest BCUT2D eigenvalue weighted by Crippen LogP contribution is 2.14. The maximum Gasteiger partial charge on any atom is 0.126 e. The van der Waals surface area contributed by atoms with Crippen LogP contribution in [0.25, 0.3) is 0 Å². The van der Waals surface area contributed by atoms with Gasteiger partial charge in [0, 0.05) is 6.07 Å². The number of hydrogen-bond acceptors (Lipinski definition) is 0. The van der Waals surface area contributed by atoms with E-state index in [9.17, 15) is 8.78 Å². The van der Waals surface area contributed by atoms with E-state index in [-0.39, 0.29) is 0 Å². The molecule has 0 N–H and O–H groups in total. The SMILES string of the molecule is CCC(C)Cc1cc(F)cc(F)c1. The van der Waals surface area contributed by atoms with Crippen LogP contribution in [0.3, 0.4) is 0 Å². The molecule has 1 atom stereocenters. The minimum absolute atomic E-state index is 0.473. The van der Waals surface area contributed by atoms with Crippen molar-refractivity contribution in [2.45, 2.75) is 26.7 Å². The Bertz CT molecular complexity index is 261. The molecule has 0 spiro atoms. The monoisotopic (exact) mass is 184 g/mol. The zero-order chi connectivity index (χ0) is 9.84. The van der Waals surface area contributed by atoms with Crippen LogP contribution in [0.1, 0.15) is 25.8 Å². The molecular formula is C11H14F2. The molecule has 0 amide bonds.